The Morgan fingerprint density at radius 1 is 1.14 bits per heavy atom. The molecule has 3 aromatic rings. The number of hydrogen-bond donors (Lipinski definition) is 0. The van der Waals surface area contributed by atoms with Crippen molar-refractivity contribution in [3.63, 3.8) is 0 Å². The van der Waals surface area contributed by atoms with Crippen LogP contribution in [0, 0.1) is 5.82 Å². The summed E-state index contributed by atoms with van der Waals surface area (Å²) in [5.74, 6) is -1.02. The highest BCUT2D eigenvalue weighted by Gasteiger charge is 2.25. The molecule has 148 valence electrons. The average Bonchev–Trinajstić information content (AvgIpc) is 2.74. The number of rotatable bonds is 4. The fraction of sp³-hybridized carbons (Fsp3) is 0.227. The van der Waals surface area contributed by atoms with Crippen LogP contribution in [0.3, 0.4) is 0 Å². The summed E-state index contributed by atoms with van der Waals surface area (Å²) in [6.45, 7) is 3.14. The van der Waals surface area contributed by atoms with Gasteiger partial charge in [-0.25, -0.2) is 9.18 Å². The quantitative estimate of drug-likeness (QED) is 0.638. The Labute approximate surface area is 167 Å². The lowest BCUT2D eigenvalue weighted by molar-refractivity contribution is 0.0518. The topological polar surface area (TPSA) is 64.4 Å². The summed E-state index contributed by atoms with van der Waals surface area (Å²) in [5.41, 5.74) is 2.89. The largest absolute Gasteiger partial charge is 0.461 e. The molecule has 2 heterocycles. The number of carbonyl (C=O) groups is 1. The van der Waals surface area contributed by atoms with Gasteiger partial charge in [0.15, 0.2) is 5.69 Å². The summed E-state index contributed by atoms with van der Waals surface area (Å²) >= 11 is 0. The van der Waals surface area contributed by atoms with Gasteiger partial charge in [-0.05, 0) is 48.7 Å². The van der Waals surface area contributed by atoms with E-state index in [2.05, 4.69) is 11.2 Å². The van der Waals surface area contributed by atoms with Gasteiger partial charge in [0.2, 0.25) is 0 Å². The van der Waals surface area contributed by atoms with E-state index < -0.39 is 17.3 Å². The van der Waals surface area contributed by atoms with Crippen LogP contribution < -0.4 is 10.5 Å². The fourth-order valence-electron chi connectivity index (χ4n) is 3.50. The average molecular weight is 393 g/mol. The molecule has 1 aliphatic heterocycles. The first-order valence-electron chi connectivity index (χ1n) is 9.46. The van der Waals surface area contributed by atoms with Crippen molar-refractivity contribution in [3.8, 4) is 5.69 Å². The summed E-state index contributed by atoms with van der Waals surface area (Å²) in [7, 11) is 0. The van der Waals surface area contributed by atoms with E-state index in [1.807, 2.05) is 23.1 Å². The summed E-state index contributed by atoms with van der Waals surface area (Å²) in [4.78, 5) is 27.4. The third-order valence-electron chi connectivity index (χ3n) is 4.92. The standard InChI is InChI=1S/C22H20FN3O3/c1-2-29-22(28)21-19(25-12-11-15-5-3-4-6-16(15)14-25)13-20(27)26(24-21)18-9-7-17(23)8-10-18/h3-10,13H,2,11-12,14H2,1H3. The van der Waals surface area contributed by atoms with Crippen LogP contribution >= 0.6 is 0 Å². The van der Waals surface area contributed by atoms with E-state index in [0.717, 1.165) is 16.7 Å². The van der Waals surface area contributed by atoms with Gasteiger partial charge < -0.3 is 9.64 Å². The Bertz CT molecular complexity index is 1110. The van der Waals surface area contributed by atoms with Gasteiger partial charge in [0.25, 0.3) is 5.56 Å². The van der Waals surface area contributed by atoms with E-state index in [1.165, 1.54) is 35.9 Å². The molecular weight excluding hydrogens is 373 g/mol. The first kappa shape index (κ1) is 18.9. The minimum absolute atomic E-state index is 0.0650. The van der Waals surface area contributed by atoms with Crippen molar-refractivity contribution in [2.45, 2.75) is 19.9 Å². The molecule has 0 N–H and O–H groups in total. The molecule has 0 amide bonds. The van der Waals surface area contributed by atoms with Crippen LogP contribution in [0.5, 0.6) is 0 Å². The number of fused-ring (bicyclic) bond motifs is 1. The van der Waals surface area contributed by atoms with Crippen LogP contribution in [-0.4, -0.2) is 28.9 Å². The molecule has 0 saturated heterocycles. The number of nitrogens with zero attached hydrogens (tertiary/aromatic N) is 3. The maximum atomic E-state index is 13.3. The Hall–Kier alpha value is -3.48. The van der Waals surface area contributed by atoms with Crippen molar-refractivity contribution in [3.05, 3.63) is 87.6 Å². The van der Waals surface area contributed by atoms with Crippen molar-refractivity contribution in [1.29, 1.82) is 0 Å². The van der Waals surface area contributed by atoms with Crippen molar-refractivity contribution < 1.29 is 13.9 Å². The number of esters is 1. The molecule has 0 spiro atoms. The third-order valence-corrected chi connectivity index (χ3v) is 4.92. The second-order valence-electron chi connectivity index (χ2n) is 6.77. The SMILES string of the molecule is CCOC(=O)c1nn(-c2ccc(F)cc2)c(=O)cc1N1CCc2ccccc2C1. The summed E-state index contributed by atoms with van der Waals surface area (Å²) in [6, 6.07) is 14.9. The summed E-state index contributed by atoms with van der Waals surface area (Å²) in [5, 5.41) is 4.29. The van der Waals surface area contributed by atoms with Gasteiger partial charge >= 0.3 is 5.97 Å². The molecule has 0 unspecified atom stereocenters. The number of halogens is 1. The fourth-order valence-corrected chi connectivity index (χ4v) is 3.50. The first-order chi connectivity index (χ1) is 14.1. The lowest BCUT2D eigenvalue weighted by Crippen LogP contribution is -2.35. The van der Waals surface area contributed by atoms with Gasteiger partial charge in [-0.15, -0.1) is 0 Å². The predicted octanol–water partition coefficient (Wildman–Crippen LogP) is 3.11. The Balaban J connectivity index is 1.79. The van der Waals surface area contributed by atoms with Crippen LogP contribution in [0.25, 0.3) is 5.69 Å². The van der Waals surface area contributed by atoms with Gasteiger partial charge in [0.1, 0.15) is 5.82 Å². The highest BCUT2D eigenvalue weighted by Crippen LogP contribution is 2.26. The van der Waals surface area contributed by atoms with Crippen molar-refractivity contribution in [2.24, 2.45) is 0 Å². The monoisotopic (exact) mass is 393 g/mol. The second-order valence-corrected chi connectivity index (χ2v) is 6.77. The molecule has 7 heteroatoms. The Morgan fingerprint density at radius 3 is 2.59 bits per heavy atom. The molecular formula is C22H20FN3O3. The smallest absolute Gasteiger partial charge is 0.360 e. The highest BCUT2D eigenvalue weighted by molar-refractivity contribution is 5.93. The molecule has 0 radical (unpaired) electrons. The second kappa shape index (κ2) is 7.87. The molecule has 0 aliphatic carbocycles. The molecule has 2 aromatic carbocycles. The van der Waals surface area contributed by atoms with Gasteiger partial charge in [-0.3, -0.25) is 4.79 Å². The first-order valence-corrected chi connectivity index (χ1v) is 9.46. The van der Waals surface area contributed by atoms with Crippen molar-refractivity contribution >= 4 is 11.7 Å². The summed E-state index contributed by atoms with van der Waals surface area (Å²) < 4.78 is 19.5. The zero-order valence-corrected chi connectivity index (χ0v) is 16.0. The number of benzene rings is 2. The van der Waals surface area contributed by atoms with Crippen LogP contribution in [0.15, 0.2) is 59.4 Å². The Morgan fingerprint density at radius 2 is 1.86 bits per heavy atom. The van der Waals surface area contributed by atoms with E-state index in [0.29, 0.717) is 24.5 Å². The zero-order chi connectivity index (χ0) is 20.4. The van der Waals surface area contributed by atoms with Crippen LogP contribution in [-0.2, 0) is 17.7 Å². The predicted molar refractivity (Wildman–Crippen MR) is 107 cm³/mol. The molecule has 0 saturated carbocycles. The Kier molecular flexibility index (Phi) is 5.12. The van der Waals surface area contributed by atoms with Gasteiger partial charge in [0, 0.05) is 19.2 Å². The molecule has 29 heavy (non-hydrogen) atoms. The zero-order valence-electron chi connectivity index (χ0n) is 16.0. The normalized spacial score (nSPS) is 13.1. The van der Waals surface area contributed by atoms with E-state index in [1.54, 1.807) is 6.92 Å². The van der Waals surface area contributed by atoms with E-state index in [9.17, 15) is 14.0 Å². The van der Waals surface area contributed by atoms with E-state index >= 15 is 0 Å². The van der Waals surface area contributed by atoms with Crippen LogP contribution in [0.1, 0.15) is 28.5 Å². The minimum Gasteiger partial charge on any atom is -0.461 e. The van der Waals surface area contributed by atoms with Crippen molar-refractivity contribution in [2.75, 3.05) is 18.1 Å². The van der Waals surface area contributed by atoms with Crippen molar-refractivity contribution in [1.82, 2.24) is 9.78 Å². The van der Waals surface area contributed by atoms with Gasteiger partial charge in [0.05, 0.1) is 18.0 Å². The molecule has 0 bridgehead atoms. The van der Waals surface area contributed by atoms with Gasteiger partial charge in [-0.1, -0.05) is 24.3 Å². The molecule has 4 rings (SSSR count). The summed E-state index contributed by atoms with van der Waals surface area (Å²) in [6.07, 6.45) is 0.805. The molecule has 0 fully saturated rings. The molecule has 6 nitrogen and oxygen atoms in total. The van der Waals surface area contributed by atoms with E-state index in [-0.39, 0.29) is 12.3 Å². The number of ether oxygens (including phenoxy) is 1. The third kappa shape index (κ3) is 3.76. The maximum Gasteiger partial charge on any atom is 0.360 e. The lowest BCUT2D eigenvalue weighted by atomic mass is 9.99. The van der Waals surface area contributed by atoms with Crippen LogP contribution in [0.2, 0.25) is 0 Å². The number of anilines is 1. The number of hydrogen-bond acceptors (Lipinski definition) is 5. The number of carbonyl (C=O) groups excluding carboxylic acids is 1. The van der Waals surface area contributed by atoms with Crippen LogP contribution in [0.4, 0.5) is 10.1 Å². The number of aromatic nitrogens is 2. The maximum absolute atomic E-state index is 13.3. The lowest BCUT2D eigenvalue weighted by Gasteiger charge is -2.31. The molecule has 1 aliphatic rings. The minimum atomic E-state index is -0.600. The molecule has 1 aromatic heterocycles. The highest BCUT2D eigenvalue weighted by atomic mass is 19.1. The molecule has 0 atom stereocenters. The van der Waals surface area contributed by atoms with Gasteiger partial charge in [-0.2, -0.15) is 9.78 Å². The van der Waals surface area contributed by atoms with E-state index in [4.69, 9.17) is 4.74 Å².